The van der Waals surface area contributed by atoms with Crippen LogP contribution in [0.25, 0.3) is 0 Å². The van der Waals surface area contributed by atoms with Gasteiger partial charge in [-0.05, 0) is 36.0 Å². The second-order valence-electron chi connectivity index (χ2n) is 4.01. The van der Waals surface area contributed by atoms with E-state index in [1.54, 1.807) is 0 Å². The van der Waals surface area contributed by atoms with Crippen LogP contribution >= 0.6 is 0 Å². The summed E-state index contributed by atoms with van der Waals surface area (Å²) in [5, 5.41) is 0. The van der Waals surface area contributed by atoms with Crippen LogP contribution in [-0.2, 0) is 6.42 Å². The molecule has 1 aromatic carbocycles. The smallest absolute Gasteiger partial charge is 0.0146 e. The molecule has 0 saturated heterocycles. The average molecular weight is 187 g/mol. The molecule has 0 spiro atoms. The summed E-state index contributed by atoms with van der Waals surface area (Å²) < 4.78 is 0. The average Bonchev–Trinajstić information content (AvgIpc) is 2.16. The summed E-state index contributed by atoms with van der Waals surface area (Å²) in [6.45, 7) is 6.64. The van der Waals surface area contributed by atoms with E-state index >= 15 is 0 Å². The summed E-state index contributed by atoms with van der Waals surface area (Å²) in [5.41, 5.74) is 2.66. The molecule has 0 heterocycles. The molecule has 1 aromatic rings. The fourth-order valence-electron chi connectivity index (χ4n) is 1.49. The van der Waals surface area contributed by atoms with Crippen LogP contribution in [-0.4, -0.2) is 0 Å². The van der Waals surface area contributed by atoms with Crippen molar-refractivity contribution in [1.82, 2.24) is 0 Å². The number of allylic oxidation sites excluding steroid dienone is 1. The molecule has 0 bridgehead atoms. The molecular formula is C14H19. The van der Waals surface area contributed by atoms with Crippen molar-refractivity contribution in [3.63, 3.8) is 0 Å². The SMILES string of the molecule is CC/C=[C]\c1ccccc1CC(C)C. The molecule has 1 rings (SSSR count). The maximum absolute atomic E-state index is 3.34. The first-order valence-electron chi connectivity index (χ1n) is 5.40. The van der Waals surface area contributed by atoms with Crippen molar-refractivity contribution < 1.29 is 0 Å². The van der Waals surface area contributed by atoms with Gasteiger partial charge in [-0.15, -0.1) is 0 Å². The molecule has 0 aliphatic rings. The van der Waals surface area contributed by atoms with E-state index in [9.17, 15) is 0 Å². The Balaban J connectivity index is 2.85. The van der Waals surface area contributed by atoms with Gasteiger partial charge in [0.15, 0.2) is 0 Å². The predicted octanol–water partition coefficient (Wildman–Crippen LogP) is 4.00. The molecule has 14 heavy (non-hydrogen) atoms. The minimum absolute atomic E-state index is 0.708. The number of benzene rings is 1. The van der Waals surface area contributed by atoms with Gasteiger partial charge in [0.1, 0.15) is 0 Å². The highest BCUT2D eigenvalue weighted by Gasteiger charge is 2.01. The lowest BCUT2D eigenvalue weighted by Crippen LogP contribution is -1.96. The van der Waals surface area contributed by atoms with Crippen molar-refractivity contribution in [1.29, 1.82) is 0 Å². The molecule has 0 heteroatoms. The van der Waals surface area contributed by atoms with E-state index in [0.717, 1.165) is 12.8 Å². The lowest BCUT2D eigenvalue weighted by atomic mass is 9.98. The van der Waals surface area contributed by atoms with Crippen LogP contribution in [0.1, 0.15) is 38.3 Å². The molecule has 0 aliphatic carbocycles. The van der Waals surface area contributed by atoms with Crippen molar-refractivity contribution in [3.05, 3.63) is 47.5 Å². The fourth-order valence-corrected chi connectivity index (χ4v) is 1.49. The zero-order valence-corrected chi connectivity index (χ0v) is 9.38. The second kappa shape index (κ2) is 5.64. The third-order valence-corrected chi connectivity index (χ3v) is 2.11. The molecule has 0 unspecified atom stereocenters. The van der Waals surface area contributed by atoms with Crippen LogP contribution in [0.3, 0.4) is 0 Å². The van der Waals surface area contributed by atoms with Crippen LogP contribution in [0.4, 0.5) is 0 Å². The van der Waals surface area contributed by atoms with Crippen LogP contribution in [0.5, 0.6) is 0 Å². The monoisotopic (exact) mass is 187 g/mol. The van der Waals surface area contributed by atoms with Crippen LogP contribution in [0.15, 0.2) is 30.3 Å². The Bertz CT molecular complexity index is 295. The van der Waals surface area contributed by atoms with Gasteiger partial charge in [-0.25, -0.2) is 0 Å². The van der Waals surface area contributed by atoms with Crippen LogP contribution in [0, 0.1) is 12.0 Å². The predicted molar refractivity (Wildman–Crippen MR) is 62.2 cm³/mol. The zero-order chi connectivity index (χ0) is 10.4. The maximum Gasteiger partial charge on any atom is -0.0146 e. The summed E-state index contributed by atoms with van der Waals surface area (Å²) in [6, 6.07) is 8.53. The van der Waals surface area contributed by atoms with Gasteiger partial charge in [0.2, 0.25) is 0 Å². The van der Waals surface area contributed by atoms with E-state index < -0.39 is 0 Å². The third kappa shape index (κ3) is 3.37. The summed E-state index contributed by atoms with van der Waals surface area (Å²) in [5.74, 6) is 0.708. The van der Waals surface area contributed by atoms with Gasteiger partial charge in [-0.3, -0.25) is 0 Å². The zero-order valence-electron chi connectivity index (χ0n) is 9.38. The minimum Gasteiger partial charge on any atom is -0.0763 e. The first kappa shape index (κ1) is 11.0. The van der Waals surface area contributed by atoms with E-state index in [1.807, 2.05) is 0 Å². The van der Waals surface area contributed by atoms with E-state index in [-0.39, 0.29) is 0 Å². The summed E-state index contributed by atoms with van der Waals surface area (Å²) in [4.78, 5) is 0. The quantitative estimate of drug-likeness (QED) is 0.668. The van der Waals surface area contributed by atoms with Crippen LogP contribution < -0.4 is 0 Å². The molecule has 0 nitrogen and oxygen atoms in total. The normalized spacial score (nSPS) is 11.4. The van der Waals surface area contributed by atoms with Crippen molar-refractivity contribution in [3.8, 4) is 0 Å². The molecule has 0 aromatic heterocycles. The molecule has 0 fully saturated rings. The van der Waals surface area contributed by atoms with Gasteiger partial charge >= 0.3 is 0 Å². The lowest BCUT2D eigenvalue weighted by molar-refractivity contribution is 0.646. The maximum atomic E-state index is 3.34. The standard InChI is InChI=1S/C14H19/c1-4-5-8-13-9-6-7-10-14(13)11-12(2)3/h5-7,9-10,12H,4,11H2,1-3H3. The van der Waals surface area contributed by atoms with Crippen molar-refractivity contribution in [2.24, 2.45) is 5.92 Å². The van der Waals surface area contributed by atoms with Gasteiger partial charge in [0, 0.05) is 0 Å². The summed E-state index contributed by atoms with van der Waals surface area (Å²) in [7, 11) is 0. The Hall–Kier alpha value is -1.04. The molecule has 0 amide bonds. The largest absolute Gasteiger partial charge is 0.0763 e. The highest BCUT2D eigenvalue weighted by atomic mass is 14.1. The Kier molecular flexibility index (Phi) is 4.45. The van der Waals surface area contributed by atoms with E-state index in [0.29, 0.717) is 5.92 Å². The third-order valence-electron chi connectivity index (χ3n) is 2.11. The minimum atomic E-state index is 0.708. The van der Waals surface area contributed by atoms with Gasteiger partial charge in [-0.1, -0.05) is 51.1 Å². The van der Waals surface area contributed by atoms with Crippen LogP contribution in [0.2, 0.25) is 0 Å². The highest BCUT2D eigenvalue weighted by Crippen LogP contribution is 2.14. The lowest BCUT2D eigenvalue weighted by Gasteiger charge is -2.07. The van der Waals surface area contributed by atoms with E-state index in [2.05, 4.69) is 57.2 Å². The molecule has 1 radical (unpaired) electrons. The van der Waals surface area contributed by atoms with Gasteiger partial charge in [0.25, 0.3) is 0 Å². The molecule has 0 aliphatic heterocycles. The summed E-state index contributed by atoms with van der Waals surface area (Å²) >= 11 is 0. The Morgan fingerprint density at radius 3 is 2.64 bits per heavy atom. The van der Waals surface area contributed by atoms with Crippen molar-refractivity contribution >= 4 is 0 Å². The van der Waals surface area contributed by atoms with E-state index in [4.69, 9.17) is 0 Å². The topological polar surface area (TPSA) is 0 Å². The molecular weight excluding hydrogens is 168 g/mol. The van der Waals surface area contributed by atoms with Crippen molar-refractivity contribution in [2.45, 2.75) is 33.6 Å². The first-order valence-corrected chi connectivity index (χ1v) is 5.40. The molecule has 75 valence electrons. The first-order chi connectivity index (χ1) is 6.74. The Morgan fingerprint density at radius 1 is 1.29 bits per heavy atom. The van der Waals surface area contributed by atoms with Crippen molar-refractivity contribution in [2.75, 3.05) is 0 Å². The van der Waals surface area contributed by atoms with Gasteiger partial charge < -0.3 is 0 Å². The number of hydrogen-bond acceptors (Lipinski definition) is 0. The van der Waals surface area contributed by atoms with Gasteiger partial charge in [0.05, 0.1) is 0 Å². The molecule has 0 N–H and O–H groups in total. The Morgan fingerprint density at radius 2 is 2.00 bits per heavy atom. The molecule has 0 saturated carbocycles. The highest BCUT2D eigenvalue weighted by molar-refractivity contribution is 5.32. The van der Waals surface area contributed by atoms with E-state index in [1.165, 1.54) is 11.1 Å². The number of hydrogen-bond donors (Lipinski definition) is 0. The summed E-state index contributed by atoms with van der Waals surface area (Å²) in [6.07, 6.45) is 7.63. The van der Waals surface area contributed by atoms with Gasteiger partial charge in [-0.2, -0.15) is 0 Å². The fraction of sp³-hybridized carbons (Fsp3) is 0.429. The Labute approximate surface area is 87.7 Å². The second-order valence-corrected chi connectivity index (χ2v) is 4.01. The number of rotatable bonds is 4. The molecule has 0 atom stereocenters.